The third kappa shape index (κ3) is 2.75. The number of piperidine rings is 1. The maximum Gasteiger partial charge on any atom is 0.190 e. The highest BCUT2D eigenvalue weighted by Gasteiger charge is 2.13. The average molecular weight is 328 g/mol. The van der Waals surface area contributed by atoms with Crippen molar-refractivity contribution in [2.45, 2.75) is 19.3 Å². The number of H-pyrrole nitrogens is 1. The summed E-state index contributed by atoms with van der Waals surface area (Å²) in [6, 6.07) is 11.8. The molecule has 0 atom stereocenters. The third-order valence-electron chi connectivity index (χ3n) is 4.40. The number of aromatic hydroxyl groups is 1. The van der Waals surface area contributed by atoms with Gasteiger partial charge in [-0.15, -0.1) is 0 Å². The topological polar surface area (TPSA) is 52.2 Å². The average Bonchev–Trinajstić information content (AvgIpc) is 2.94. The van der Waals surface area contributed by atoms with E-state index >= 15 is 0 Å². The van der Waals surface area contributed by atoms with Crippen LogP contribution in [-0.4, -0.2) is 28.2 Å². The van der Waals surface area contributed by atoms with E-state index in [4.69, 9.17) is 11.6 Å². The number of rotatable bonds is 2. The zero-order chi connectivity index (χ0) is 15.8. The maximum absolute atomic E-state index is 9.54. The first kappa shape index (κ1) is 14.4. The molecule has 0 spiro atoms. The summed E-state index contributed by atoms with van der Waals surface area (Å²) in [6.45, 7) is 2.26. The minimum Gasteiger partial charge on any atom is -0.495 e. The van der Waals surface area contributed by atoms with E-state index in [1.54, 1.807) is 12.1 Å². The number of hydrogen-bond donors (Lipinski definition) is 2. The molecule has 23 heavy (non-hydrogen) atoms. The monoisotopic (exact) mass is 327 g/mol. The van der Waals surface area contributed by atoms with Crippen LogP contribution in [-0.2, 0) is 0 Å². The van der Waals surface area contributed by atoms with E-state index in [1.807, 2.05) is 0 Å². The molecule has 0 aliphatic carbocycles. The Morgan fingerprint density at radius 1 is 1.04 bits per heavy atom. The first-order chi connectivity index (χ1) is 11.2. The van der Waals surface area contributed by atoms with Crippen LogP contribution in [0.25, 0.3) is 22.3 Å². The molecule has 2 N–H and O–H groups in total. The molecule has 0 radical (unpaired) electrons. The summed E-state index contributed by atoms with van der Waals surface area (Å²) in [5.74, 6) is 0.0983. The Kier molecular flexibility index (Phi) is 3.62. The van der Waals surface area contributed by atoms with Gasteiger partial charge in [0.2, 0.25) is 0 Å². The zero-order valence-electron chi connectivity index (χ0n) is 12.7. The Bertz CT molecular complexity index is 835. The smallest absolute Gasteiger partial charge is 0.190 e. The molecule has 1 aromatic carbocycles. The SMILES string of the molecule is Oc1cc2nc(-c3ccc(N4CCCCC4)cc3)c(Cl)cc2[nH]1. The van der Waals surface area contributed by atoms with Gasteiger partial charge in [0.1, 0.15) is 0 Å². The Morgan fingerprint density at radius 3 is 2.52 bits per heavy atom. The van der Waals surface area contributed by atoms with Crippen LogP contribution in [0.15, 0.2) is 36.4 Å². The third-order valence-corrected chi connectivity index (χ3v) is 4.69. The zero-order valence-corrected chi connectivity index (χ0v) is 13.5. The number of anilines is 1. The summed E-state index contributed by atoms with van der Waals surface area (Å²) < 4.78 is 0. The lowest BCUT2D eigenvalue weighted by molar-refractivity contribution is 0.458. The normalized spacial score (nSPS) is 15.3. The van der Waals surface area contributed by atoms with Crippen LogP contribution in [0.5, 0.6) is 5.88 Å². The first-order valence-corrected chi connectivity index (χ1v) is 8.32. The van der Waals surface area contributed by atoms with Crippen LogP contribution in [0.4, 0.5) is 5.69 Å². The summed E-state index contributed by atoms with van der Waals surface area (Å²) in [6.07, 6.45) is 3.86. The Balaban J connectivity index is 1.68. The largest absolute Gasteiger partial charge is 0.495 e. The molecule has 1 saturated heterocycles. The molecule has 1 aliphatic rings. The van der Waals surface area contributed by atoms with Crippen LogP contribution in [0.1, 0.15) is 19.3 Å². The van der Waals surface area contributed by atoms with E-state index in [9.17, 15) is 5.11 Å². The van der Waals surface area contributed by atoms with Gasteiger partial charge < -0.3 is 15.0 Å². The van der Waals surface area contributed by atoms with Crippen LogP contribution >= 0.6 is 11.6 Å². The number of aromatic nitrogens is 2. The summed E-state index contributed by atoms with van der Waals surface area (Å²) >= 11 is 6.36. The van der Waals surface area contributed by atoms with Gasteiger partial charge in [-0.2, -0.15) is 0 Å². The molecule has 4 rings (SSSR count). The fraction of sp³-hybridized carbons (Fsp3) is 0.278. The van der Waals surface area contributed by atoms with Crippen LogP contribution < -0.4 is 4.90 Å². The second kappa shape index (κ2) is 5.78. The van der Waals surface area contributed by atoms with Gasteiger partial charge >= 0.3 is 0 Å². The number of pyridine rings is 1. The fourth-order valence-corrected chi connectivity index (χ4v) is 3.46. The second-order valence-corrected chi connectivity index (χ2v) is 6.41. The standard InChI is InChI=1S/C18H18ClN3O/c19-14-10-15-16(11-17(23)20-15)21-18(14)12-4-6-13(7-5-12)22-8-2-1-3-9-22/h4-7,10-11,20,23H,1-3,8-9H2. The molecular weight excluding hydrogens is 310 g/mol. The van der Waals surface area contributed by atoms with Gasteiger partial charge in [0.25, 0.3) is 0 Å². The molecule has 3 aromatic rings. The minimum absolute atomic E-state index is 0.0983. The first-order valence-electron chi connectivity index (χ1n) is 7.94. The van der Waals surface area contributed by atoms with Gasteiger partial charge in [0.15, 0.2) is 5.88 Å². The molecule has 3 heterocycles. The van der Waals surface area contributed by atoms with Crippen molar-refractivity contribution in [2.24, 2.45) is 0 Å². The minimum atomic E-state index is 0.0983. The Morgan fingerprint density at radius 2 is 1.78 bits per heavy atom. The Hall–Kier alpha value is -2.20. The molecule has 0 bridgehead atoms. The van der Waals surface area contributed by atoms with Crippen molar-refractivity contribution in [3.63, 3.8) is 0 Å². The summed E-state index contributed by atoms with van der Waals surface area (Å²) in [5, 5.41) is 10.1. The van der Waals surface area contributed by atoms with Crippen molar-refractivity contribution in [3.05, 3.63) is 41.4 Å². The van der Waals surface area contributed by atoms with Crippen molar-refractivity contribution >= 4 is 28.3 Å². The van der Waals surface area contributed by atoms with Crippen LogP contribution in [0, 0.1) is 0 Å². The van der Waals surface area contributed by atoms with Crippen molar-refractivity contribution in [1.82, 2.24) is 9.97 Å². The lowest BCUT2D eigenvalue weighted by atomic mass is 10.1. The number of halogens is 1. The van der Waals surface area contributed by atoms with Gasteiger partial charge in [-0.25, -0.2) is 4.98 Å². The molecule has 0 amide bonds. The van der Waals surface area contributed by atoms with E-state index in [0.29, 0.717) is 10.5 Å². The number of aromatic amines is 1. The highest BCUT2D eigenvalue weighted by atomic mass is 35.5. The number of fused-ring (bicyclic) bond motifs is 1. The lowest BCUT2D eigenvalue weighted by Gasteiger charge is -2.28. The van der Waals surface area contributed by atoms with Gasteiger partial charge in [-0.3, -0.25) is 0 Å². The number of nitrogens with zero attached hydrogens (tertiary/aromatic N) is 2. The molecule has 4 nitrogen and oxygen atoms in total. The number of nitrogens with one attached hydrogen (secondary N) is 1. The summed E-state index contributed by atoms with van der Waals surface area (Å²) in [4.78, 5) is 9.83. The molecule has 0 unspecified atom stereocenters. The van der Waals surface area contributed by atoms with E-state index in [1.165, 1.54) is 24.9 Å². The van der Waals surface area contributed by atoms with Crippen molar-refractivity contribution in [2.75, 3.05) is 18.0 Å². The molecule has 2 aromatic heterocycles. The summed E-state index contributed by atoms with van der Waals surface area (Å²) in [7, 11) is 0. The van der Waals surface area contributed by atoms with Crippen molar-refractivity contribution < 1.29 is 5.11 Å². The van der Waals surface area contributed by atoms with Crippen LogP contribution in [0.3, 0.4) is 0 Å². The quantitative estimate of drug-likeness (QED) is 0.724. The van der Waals surface area contributed by atoms with E-state index in [2.05, 4.69) is 39.1 Å². The maximum atomic E-state index is 9.54. The van der Waals surface area contributed by atoms with Gasteiger partial charge in [-0.05, 0) is 37.5 Å². The van der Waals surface area contributed by atoms with Gasteiger partial charge in [0, 0.05) is 30.4 Å². The molecule has 1 fully saturated rings. The molecule has 5 heteroatoms. The number of hydrogen-bond acceptors (Lipinski definition) is 3. The van der Waals surface area contributed by atoms with E-state index in [-0.39, 0.29) is 5.88 Å². The Labute approximate surface area is 139 Å². The molecular formula is C18H18ClN3O. The van der Waals surface area contributed by atoms with E-state index in [0.717, 1.165) is 29.9 Å². The van der Waals surface area contributed by atoms with Crippen molar-refractivity contribution in [3.8, 4) is 17.1 Å². The fourth-order valence-electron chi connectivity index (χ4n) is 3.20. The highest BCUT2D eigenvalue weighted by Crippen LogP contribution is 2.32. The summed E-state index contributed by atoms with van der Waals surface area (Å²) in [5.41, 5.74) is 4.43. The molecule has 118 valence electrons. The van der Waals surface area contributed by atoms with Gasteiger partial charge in [-0.1, -0.05) is 23.7 Å². The van der Waals surface area contributed by atoms with Crippen molar-refractivity contribution in [1.29, 1.82) is 0 Å². The molecule has 1 aliphatic heterocycles. The number of benzene rings is 1. The lowest BCUT2D eigenvalue weighted by Crippen LogP contribution is -2.29. The molecule has 0 saturated carbocycles. The van der Waals surface area contributed by atoms with Crippen LogP contribution in [0.2, 0.25) is 5.02 Å². The van der Waals surface area contributed by atoms with Gasteiger partial charge in [0.05, 0.1) is 21.7 Å². The van der Waals surface area contributed by atoms with E-state index < -0.39 is 0 Å². The predicted octanol–water partition coefficient (Wildman–Crippen LogP) is 4.58. The predicted molar refractivity (Wildman–Crippen MR) is 94.3 cm³/mol. The second-order valence-electron chi connectivity index (χ2n) is 6.00. The highest BCUT2D eigenvalue weighted by molar-refractivity contribution is 6.33.